The molecular weight excluding hydrogens is 413 g/mol. The lowest BCUT2D eigenvalue weighted by molar-refractivity contribution is 0.189. The SMILES string of the molecule is CCNC(=NCCCC(C)C)N1CCC(C)C(n2ccnc2)C1.I. The van der Waals surface area contributed by atoms with Crippen molar-refractivity contribution in [3.8, 4) is 0 Å². The van der Waals surface area contributed by atoms with E-state index in [9.17, 15) is 0 Å². The van der Waals surface area contributed by atoms with Crippen LogP contribution in [-0.2, 0) is 0 Å². The first kappa shape index (κ1) is 21.3. The van der Waals surface area contributed by atoms with Crippen LogP contribution in [0.1, 0.15) is 53.0 Å². The lowest BCUT2D eigenvalue weighted by atomic mass is 9.93. The fourth-order valence-corrected chi connectivity index (χ4v) is 3.21. The number of guanidine groups is 1. The Balaban J connectivity index is 0.00000288. The van der Waals surface area contributed by atoms with Crippen LogP contribution >= 0.6 is 24.0 Å². The summed E-state index contributed by atoms with van der Waals surface area (Å²) in [6, 6.07) is 0.478. The van der Waals surface area contributed by atoms with E-state index in [4.69, 9.17) is 4.99 Å². The summed E-state index contributed by atoms with van der Waals surface area (Å²) in [4.78, 5) is 11.5. The second kappa shape index (κ2) is 10.9. The summed E-state index contributed by atoms with van der Waals surface area (Å²) in [6.45, 7) is 13.0. The van der Waals surface area contributed by atoms with E-state index < -0.39 is 0 Å². The standard InChI is InChI=1S/C18H33N5.HI/c1-5-20-18(21-9-6-7-15(2)3)22-11-8-16(4)17(13-22)23-12-10-19-14-23;/h10,12,14-17H,5-9,11,13H2,1-4H3,(H,20,21);1H. The maximum atomic E-state index is 4.86. The number of nitrogens with one attached hydrogen (secondary N) is 1. The van der Waals surface area contributed by atoms with Crippen molar-refractivity contribution in [1.29, 1.82) is 0 Å². The summed E-state index contributed by atoms with van der Waals surface area (Å²) in [5.74, 6) is 2.51. The number of hydrogen-bond acceptors (Lipinski definition) is 2. The first-order valence-corrected chi connectivity index (χ1v) is 9.12. The molecule has 0 saturated carbocycles. The lowest BCUT2D eigenvalue weighted by Crippen LogP contribution is -2.49. The summed E-state index contributed by atoms with van der Waals surface area (Å²) >= 11 is 0. The number of aromatic nitrogens is 2. The smallest absolute Gasteiger partial charge is 0.193 e. The minimum Gasteiger partial charge on any atom is -0.357 e. The quantitative estimate of drug-likeness (QED) is 0.313. The summed E-state index contributed by atoms with van der Waals surface area (Å²) in [5, 5.41) is 3.47. The number of nitrogens with zero attached hydrogens (tertiary/aromatic N) is 4. The van der Waals surface area contributed by atoms with E-state index in [-0.39, 0.29) is 24.0 Å². The molecule has 2 unspecified atom stereocenters. The number of halogens is 1. The predicted molar refractivity (Wildman–Crippen MR) is 112 cm³/mol. The van der Waals surface area contributed by atoms with Gasteiger partial charge in [-0.15, -0.1) is 24.0 Å². The van der Waals surface area contributed by atoms with Crippen molar-refractivity contribution in [2.75, 3.05) is 26.2 Å². The molecule has 1 fully saturated rings. The average molecular weight is 447 g/mol. The minimum absolute atomic E-state index is 0. The summed E-state index contributed by atoms with van der Waals surface area (Å²) < 4.78 is 2.25. The molecule has 5 nitrogen and oxygen atoms in total. The van der Waals surface area contributed by atoms with Gasteiger partial charge in [-0.1, -0.05) is 20.8 Å². The van der Waals surface area contributed by atoms with Crippen molar-refractivity contribution in [1.82, 2.24) is 19.8 Å². The summed E-state index contributed by atoms with van der Waals surface area (Å²) in [5.41, 5.74) is 0. The van der Waals surface area contributed by atoms with E-state index in [0.717, 1.165) is 38.1 Å². The Bertz CT molecular complexity index is 472. The highest BCUT2D eigenvalue weighted by atomic mass is 127. The Kier molecular flexibility index (Phi) is 9.69. The van der Waals surface area contributed by atoms with Crippen LogP contribution in [0.2, 0.25) is 0 Å². The van der Waals surface area contributed by atoms with Gasteiger partial charge in [0.05, 0.1) is 12.4 Å². The number of likely N-dealkylation sites (tertiary alicyclic amines) is 1. The van der Waals surface area contributed by atoms with Gasteiger partial charge in [-0.25, -0.2) is 4.98 Å². The fourth-order valence-electron chi connectivity index (χ4n) is 3.21. The van der Waals surface area contributed by atoms with Crippen LogP contribution in [0, 0.1) is 11.8 Å². The second-order valence-corrected chi connectivity index (χ2v) is 7.06. The van der Waals surface area contributed by atoms with Gasteiger partial charge in [0, 0.05) is 38.6 Å². The van der Waals surface area contributed by atoms with Crippen LogP contribution in [0.15, 0.2) is 23.7 Å². The minimum atomic E-state index is 0. The van der Waals surface area contributed by atoms with Crippen molar-refractivity contribution in [3.05, 3.63) is 18.7 Å². The topological polar surface area (TPSA) is 45.5 Å². The van der Waals surface area contributed by atoms with E-state index >= 15 is 0 Å². The van der Waals surface area contributed by atoms with Crippen molar-refractivity contribution in [2.24, 2.45) is 16.8 Å². The van der Waals surface area contributed by atoms with Gasteiger partial charge < -0.3 is 14.8 Å². The van der Waals surface area contributed by atoms with E-state index in [2.05, 4.69) is 53.7 Å². The summed E-state index contributed by atoms with van der Waals surface area (Å²) in [7, 11) is 0. The van der Waals surface area contributed by atoms with Crippen LogP contribution in [0.4, 0.5) is 0 Å². The zero-order chi connectivity index (χ0) is 16.7. The average Bonchev–Trinajstić information content (AvgIpc) is 3.05. The van der Waals surface area contributed by atoms with Gasteiger partial charge >= 0.3 is 0 Å². The summed E-state index contributed by atoms with van der Waals surface area (Å²) in [6.07, 6.45) is 9.50. The van der Waals surface area contributed by atoms with Gasteiger partial charge in [0.25, 0.3) is 0 Å². The normalized spacial score (nSPS) is 21.7. The third-order valence-corrected chi connectivity index (χ3v) is 4.66. The van der Waals surface area contributed by atoms with Crippen molar-refractivity contribution < 1.29 is 0 Å². The molecule has 1 aliphatic rings. The number of piperidine rings is 1. The van der Waals surface area contributed by atoms with Crippen LogP contribution in [0.3, 0.4) is 0 Å². The van der Waals surface area contributed by atoms with Crippen LogP contribution < -0.4 is 5.32 Å². The van der Waals surface area contributed by atoms with Gasteiger partial charge in [-0.2, -0.15) is 0 Å². The third kappa shape index (κ3) is 6.26. The van der Waals surface area contributed by atoms with Crippen molar-refractivity contribution in [3.63, 3.8) is 0 Å². The fraction of sp³-hybridized carbons (Fsp3) is 0.778. The largest absolute Gasteiger partial charge is 0.357 e. The van der Waals surface area contributed by atoms with Gasteiger partial charge in [0.15, 0.2) is 5.96 Å². The Morgan fingerprint density at radius 1 is 1.42 bits per heavy atom. The molecular formula is C18H34IN5. The van der Waals surface area contributed by atoms with E-state index in [0.29, 0.717) is 12.0 Å². The van der Waals surface area contributed by atoms with E-state index in [1.807, 2.05) is 12.5 Å². The monoisotopic (exact) mass is 447 g/mol. The molecule has 0 radical (unpaired) electrons. The van der Waals surface area contributed by atoms with Gasteiger partial charge in [-0.05, 0) is 38.0 Å². The number of rotatable bonds is 6. The molecule has 2 heterocycles. The van der Waals surface area contributed by atoms with Crippen molar-refractivity contribution in [2.45, 2.75) is 53.0 Å². The molecule has 1 aromatic rings. The lowest BCUT2D eigenvalue weighted by Gasteiger charge is -2.39. The van der Waals surface area contributed by atoms with E-state index in [1.165, 1.54) is 19.3 Å². The molecule has 1 aliphatic heterocycles. The first-order chi connectivity index (χ1) is 11.1. The van der Waals surface area contributed by atoms with Gasteiger partial charge in [0.1, 0.15) is 0 Å². The number of imidazole rings is 1. The van der Waals surface area contributed by atoms with Crippen LogP contribution in [0.5, 0.6) is 0 Å². The van der Waals surface area contributed by atoms with Crippen molar-refractivity contribution >= 4 is 29.9 Å². The molecule has 6 heteroatoms. The molecule has 2 atom stereocenters. The Labute approximate surface area is 164 Å². The highest BCUT2D eigenvalue weighted by molar-refractivity contribution is 14.0. The molecule has 0 aromatic carbocycles. The van der Waals surface area contributed by atoms with Gasteiger partial charge in [-0.3, -0.25) is 4.99 Å². The first-order valence-electron chi connectivity index (χ1n) is 9.12. The Morgan fingerprint density at radius 3 is 2.83 bits per heavy atom. The zero-order valence-electron chi connectivity index (χ0n) is 15.6. The van der Waals surface area contributed by atoms with Crippen LogP contribution in [-0.4, -0.2) is 46.6 Å². The molecule has 0 spiro atoms. The third-order valence-electron chi connectivity index (χ3n) is 4.66. The molecule has 1 saturated heterocycles. The highest BCUT2D eigenvalue weighted by Crippen LogP contribution is 2.27. The molecule has 1 aromatic heterocycles. The maximum Gasteiger partial charge on any atom is 0.193 e. The number of aliphatic imine (C=N–C) groups is 1. The zero-order valence-corrected chi connectivity index (χ0v) is 17.9. The molecule has 0 aliphatic carbocycles. The Morgan fingerprint density at radius 2 is 2.21 bits per heavy atom. The second-order valence-electron chi connectivity index (χ2n) is 7.06. The van der Waals surface area contributed by atoms with E-state index in [1.54, 1.807) is 0 Å². The molecule has 138 valence electrons. The molecule has 1 N–H and O–H groups in total. The Hall–Kier alpha value is -0.790. The molecule has 2 rings (SSSR count). The maximum absolute atomic E-state index is 4.86. The number of hydrogen-bond donors (Lipinski definition) is 1. The predicted octanol–water partition coefficient (Wildman–Crippen LogP) is 3.79. The molecule has 0 bridgehead atoms. The highest BCUT2D eigenvalue weighted by Gasteiger charge is 2.28. The van der Waals surface area contributed by atoms with Gasteiger partial charge in [0.2, 0.25) is 0 Å². The molecule has 24 heavy (non-hydrogen) atoms. The van der Waals surface area contributed by atoms with Crippen LogP contribution in [0.25, 0.3) is 0 Å². The molecule has 0 amide bonds.